The van der Waals surface area contributed by atoms with Gasteiger partial charge < -0.3 is 5.32 Å². The van der Waals surface area contributed by atoms with Crippen molar-refractivity contribution < 1.29 is 0 Å². The van der Waals surface area contributed by atoms with E-state index in [2.05, 4.69) is 33.0 Å². The maximum Gasteiger partial charge on any atom is 0.0121 e. The highest BCUT2D eigenvalue weighted by atomic mass is 15.0. The van der Waals surface area contributed by atoms with Gasteiger partial charge in [0.2, 0.25) is 0 Å². The van der Waals surface area contributed by atoms with Gasteiger partial charge in [0.25, 0.3) is 0 Å². The molecule has 0 heterocycles. The molecule has 0 amide bonds. The highest BCUT2D eigenvalue weighted by Gasteiger charge is 2.32. The topological polar surface area (TPSA) is 12.0 Å². The molecule has 1 heteroatoms. The van der Waals surface area contributed by atoms with E-state index in [-0.39, 0.29) is 0 Å². The van der Waals surface area contributed by atoms with Crippen LogP contribution in [0.4, 0.5) is 0 Å². The molecule has 1 unspecified atom stereocenters. The molecule has 0 bridgehead atoms. The smallest absolute Gasteiger partial charge is 0.0121 e. The summed E-state index contributed by atoms with van der Waals surface area (Å²) in [5.74, 6) is 0. The van der Waals surface area contributed by atoms with Gasteiger partial charge in [0.05, 0.1) is 0 Å². The van der Waals surface area contributed by atoms with Crippen molar-refractivity contribution in [3.8, 4) is 0 Å². The number of rotatable bonds is 4. The minimum Gasteiger partial charge on any atom is -0.311 e. The zero-order chi connectivity index (χ0) is 10.6. The lowest BCUT2D eigenvalue weighted by molar-refractivity contribution is 0.153. The van der Waals surface area contributed by atoms with Gasteiger partial charge in [-0.1, -0.05) is 40.5 Å². The van der Waals surface area contributed by atoms with Gasteiger partial charge in [0.15, 0.2) is 0 Å². The van der Waals surface area contributed by atoms with Gasteiger partial charge in [-0.2, -0.15) is 0 Å². The quantitative estimate of drug-likeness (QED) is 0.724. The summed E-state index contributed by atoms with van der Waals surface area (Å²) in [6.45, 7) is 9.42. The van der Waals surface area contributed by atoms with Crippen LogP contribution >= 0.6 is 0 Å². The van der Waals surface area contributed by atoms with Crippen LogP contribution in [0.25, 0.3) is 0 Å². The van der Waals surface area contributed by atoms with Crippen LogP contribution in [0, 0.1) is 5.41 Å². The summed E-state index contributed by atoms with van der Waals surface area (Å²) in [4.78, 5) is 0. The van der Waals surface area contributed by atoms with E-state index in [1.54, 1.807) is 0 Å². The first-order chi connectivity index (χ1) is 6.60. The van der Waals surface area contributed by atoms with Gasteiger partial charge in [-0.3, -0.25) is 0 Å². The Morgan fingerprint density at radius 1 is 1.21 bits per heavy atom. The Bertz CT molecular complexity index is 159. The summed E-state index contributed by atoms with van der Waals surface area (Å²) in [5, 5.41) is 3.85. The van der Waals surface area contributed by atoms with Crippen molar-refractivity contribution >= 4 is 0 Å². The molecule has 1 aliphatic rings. The second kappa shape index (κ2) is 5.16. The normalized spacial score (nSPS) is 26.8. The van der Waals surface area contributed by atoms with E-state index in [0.717, 1.165) is 12.1 Å². The van der Waals surface area contributed by atoms with Crippen LogP contribution in [0.15, 0.2) is 0 Å². The lowest BCUT2D eigenvalue weighted by Crippen LogP contribution is -2.48. The summed E-state index contributed by atoms with van der Waals surface area (Å²) in [5.41, 5.74) is 0.515. The van der Waals surface area contributed by atoms with Crippen LogP contribution in [0.3, 0.4) is 0 Å². The second-order valence-electron chi connectivity index (χ2n) is 5.47. The van der Waals surface area contributed by atoms with E-state index in [4.69, 9.17) is 0 Å². The highest BCUT2D eigenvalue weighted by molar-refractivity contribution is 4.89. The molecule has 0 aromatic heterocycles. The molecule has 0 aromatic rings. The summed E-state index contributed by atoms with van der Waals surface area (Å²) in [6.07, 6.45) is 8.15. The van der Waals surface area contributed by atoms with E-state index in [9.17, 15) is 0 Å². The first-order valence-corrected chi connectivity index (χ1v) is 6.36. The molecule has 1 saturated carbocycles. The van der Waals surface area contributed by atoms with E-state index >= 15 is 0 Å². The molecule has 14 heavy (non-hydrogen) atoms. The largest absolute Gasteiger partial charge is 0.311 e. The maximum atomic E-state index is 3.85. The van der Waals surface area contributed by atoms with Crippen LogP contribution in [0.5, 0.6) is 0 Å². The first kappa shape index (κ1) is 12.0. The average Bonchev–Trinajstić information content (AvgIpc) is 2.16. The Morgan fingerprint density at radius 2 is 1.86 bits per heavy atom. The van der Waals surface area contributed by atoms with Crippen molar-refractivity contribution in [2.24, 2.45) is 5.41 Å². The zero-order valence-corrected chi connectivity index (χ0v) is 10.4. The van der Waals surface area contributed by atoms with E-state index in [1.165, 1.54) is 38.5 Å². The minimum absolute atomic E-state index is 0.515. The van der Waals surface area contributed by atoms with Crippen LogP contribution in [-0.4, -0.2) is 12.1 Å². The maximum absolute atomic E-state index is 3.85. The Kier molecular flexibility index (Phi) is 4.43. The molecule has 1 rings (SSSR count). The van der Waals surface area contributed by atoms with Gasteiger partial charge >= 0.3 is 0 Å². The average molecular weight is 197 g/mol. The van der Waals surface area contributed by atoms with E-state index < -0.39 is 0 Å². The fourth-order valence-electron chi connectivity index (χ4n) is 2.61. The zero-order valence-electron chi connectivity index (χ0n) is 10.4. The van der Waals surface area contributed by atoms with Crippen molar-refractivity contribution in [2.45, 2.75) is 78.3 Å². The second-order valence-corrected chi connectivity index (χ2v) is 5.47. The third-order valence-corrected chi connectivity index (χ3v) is 3.93. The minimum atomic E-state index is 0.515. The van der Waals surface area contributed by atoms with Crippen molar-refractivity contribution in [2.75, 3.05) is 0 Å². The van der Waals surface area contributed by atoms with Crippen LogP contribution in [0.2, 0.25) is 0 Å². The summed E-state index contributed by atoms with van der Waals surface area (Å²) in [7, 11) is 0. The fourth-order valence-corrected chi connectivity index (χ4v) is 2.61. The summed E-state index contributed by atoms with van der Waals surface area (Å²) >= 11 is 0. The molecule has 0 radical (unpaired) electrons. The highest BCUT2D eigenvalue weighted by Crippen LogP contribution is 2.35. The standard InChI is InChI=1S/C13H27N/c1-5-11(6-2)14-12-9-7-8-10-13(12,3)4/h11-12,14H,5-10H2,1-4H3. The molecule has 1 N–H and O–H groups in total. The molecule has 0 spiro atoms. The van der Waals surface area contributed by atoms with Gasteiger partial charge in [-0.15, -0.1) is 0 Å². The molecule has 1 aliphatic carbocycles. The first-order valence-electron chi connectivity index (χ1n) is 6.36. The third-order valence-electron chi connectivity index (χ3n) is 3.93. The summed E-state index contributed by atoms with van der Waals surface area (Å²) in [6, 6.07) is 1.48. The molecular weight excluding hydrogens is 170 g/mol. The molecule has 1 nitrogen and oxygen atoms in total. The third kappa shape index (κ3) is 2.98. The van der Waals surface area contributed by atoms with Gasteiger partial charge in [-0.25, -0.2) is 0 Å². The van der Waals surface area contributed by atoms with Crippen molar-refractivity contribution in [3.63, 3.8) is 0 Å². The fraction of sp³-hybridized carbons (Fsp3) is 1.00. The van der Waals surface area contributed by atoms with Gasteiger partial charge in [0, 0.05) is 12.1 Å². The van der Waals surface area contributed by atoms with Crippen LogP contribution in [0.1, 0.15) is 66.2 Å². The number of nitrogens with one attached hydrogen (secondary N) is 1. The Balaban J connectivity index is 2.48. The van der Waals surface area contributed by atoms with Crippen molar-refractivity contribution in [1.82, 2.24) is 5.32 Å². The molecule has 0 saturated heterocycles. The Labute approximate surface area is 89.7 Å². The molecule has 84 valence electrons. The molecule has 1 atom stereocenters. The SMILES string of the molecule is CCC(CC)NC1CCCCC1(C)C. The van der Waals surface area contributed by atoms with Gasteiger partial charge in [0.1, 0.15) is 0 Å². The molecule has 1 fully saturated rings. The molecule has 0 aliphatic heterocycles. The predicted octanol–water partition coefficient (Wildman–Crippen LogP) is 3.73. The predicted molar refractivity (Wildman–Crippen MR) is 63.5 cm³/mol. The van der Waals surface area contributed by atoms with E-state index in [0.29, 0.717) is 5.41 Å². The number of hydrogen-bond acceptors (Lipinski definition) is 1. The van der Waals surface area contributed by atoms with Crippen molar-refractivity contribution in [1.29, 1.82) is 0 Å². The summed E-state index contributed by atoms with van der Waals surface area (Å²) < 4.78 is 0. The molecule has 0 aromatic carbocycles. The number of hydrogen-bond donors (Lipinski definition) is 1. The lowest BCUT2D eigenvalue weighted by atomic mass is 9.73. The monoisotopic (exact) mass is 197 g/mol. The van der Waals surface area contributed by atoms with Gasteiger partial charge in [-0.05, 0) is 31.1 Å². The van der Waals surface area contributed by atoms with Crippen LogP contribution in [-0.2, 0) is 0 Å². The molecular formula is C13H27N. The lowest BCUT2D eigenvalue weighted by Gasteiger charge is -2.41. The Morgan fingerprint density at radius 3 is 2.36 bits per heavy atom. The van der Waals surface area contributed by atoms with Crippen LogP contribution < -0.4 is 5.32 Å². The Hall–Kier alpha value is -0.0400. The van der Waals surface area contributed by atoms with Crippen molar-refractivity contribution in [3.05, 3.63) is 0 Å². The van der Waals surface area contributed by atoms with E-state index in [1.807, 2.05) is 0 Å².